The summed E-state index contributed by atoms with van der Waals surface area (Å²) in [6.45, 7) is 1.92. The molecule has 6 nitrogen and oxygen atoms in total. The van der Waals surface area contributed by atoms with Gasteiger partial charge < -0.3 is 15.0 Å². The lowest BCUT2D eigenvalue weighted by atomic mass is 9.80. The highest BCUT2D eigenvalue weighted by molar-refractivity contribution is 6.16. The van der Waals surface area contributed by atoms with E-state index in [-0.39, 0.29) is 17.3 Å². The van der Waals surface area contributed by atoms with E-state index in [1.807, 2.05) is 19.1 Å². The summed E-state index contributed by atoms with van der Waals surface area (Å²) >= 11 is 0. The van der Waals surface area contributed by atoms with Gasteiger partial charge in [0.15, 0.2) is 0 Å². The van der Waals surface area contributed by atoms with Crippen molar-refractivity contribution in [3.63, 3.8) is 0 Å². The van der Waals surface area contributed by atoms with Gasteiger partial charge in [0.1, 0.15) is 11.4 Å². The molecule has 3 aromatic rings. The van der Waals surface area contributed by atoms with Gasteiger partial charge in [-0.3, -0.25) is 4.90 Å². The molecular weight excluding hydrogens is 469 g/mol. The molecule has 2 aliphatic rings. The smallest absolute Gasteiger partial charge is 0.422 e. The van der Waals surface area contributed by atoms with E-state index >= 15 is 13.2 Å². The molecule has 3 aromatic carbocycles. The number of esters is 1. The number of nitrogens with zero attached hydrogens (tertiary/aromatic N) is 3. The van der Waals surface area contributed by atoms with Gasteiger partial charge in [-0.1, -0.05) is 60.2 Å². The first-order valence-electron chi connectivity index (χ1n) is 11.2. The molecule has 1 atom stereocenters. The van der Waals surface area contributed by atoms with E-state index in [4.69, 9.17) is 4.74 Å². The highest BCUT2D eigenvalue weighted by Gasteiger charge is 2.65. The number of aliphatic imine (C=N–C) groups is 1. The number of nitrogens with one attached hydrogen (secondary N) is 1. The van der Waals surface area contributed by atoms with Crippen LogP contribution in [0.2, 0.25) is 0 Å². The number of hydrogen-bond donors (Lipinski definition) is 1. The minimum atomic E-state index is -4.98. The first-order valence-corrected chi connectivity index (χ1v) is 11.2. The lowest BCUT2D eigenvalue weighted by Crippen LogP contribution is -2.54. The fourth-order valence-corrected chi connectivity index (χ4v) is 4.68. The quantitative estimate of drug-likeness (QED) is 0.484. The summed E-state index contributed by atoms with van der Waals surface area (Å²) in [7, 11) is 2.69. The normalized spacial score (nSPS) is 19.0. The van der Waals surface area contributed by atoms with Crippen molar-refractivity contribution in [2.75, 3.05) is 29.3 Å². The lowest BCUT2D eigenvalue weighted by molar-refractivity contribution is -0.182. The van der Waals surface area contributed by atoms with E-state index < -0.39 is 23.3 Å². The second-order valence-electron chi connectivity index (χ2n) is 8.57. The summed E-state index contributed by atoms with van der Waals surface area (Å²) in [5.41, 5.74) is -1.07. The number of fused-ring (bicyclic) bond motifs is 3. The number of anilines is 3. The molecule has 2 heterocycles. The molecule has 0 unspecified atom stereocenters. The van der Waals surface area contributed by atoms with E-state index in [1.165, 1.54) is 29.2 Å². The van der Waals surface area contributed by atoms with E-state index in [2.05, 4.69) is 10.3 Å². The van der Waals surface area contributed by atoms with Crippen molar-refractivity contribution in [1.29, 1.82) is 0 Å². The summed E-state index contributed by atoms with van der Waals surface area (Å²) < 4.78 is 50.8. The second kappa shape index (κ2) is 8.44. The van der Waals surface area contributed by atoms with Crippen LogP contribution >= 0.6 is 0 Å². The van der Waals surface area contributed by atoms with Crippen LogP contribution in [0.1, 0.15) is 11.1 Å². The maximum Gasteiger partial charge on any atom is 0.422 e. The number of benzene rings is 3. The zero-order chi connectivity index (χ0) is 25.7. The average Bonchev–Trinajstić information content (AvgIpc) is 3.17. The van der Waals surface area contributed by atoms with Gasteiger partial charge in [-0.05, 0) is 36.8 Å². The molecule has 0 saturated heterocycles. The molecule has 36 heavy (non-hydrogen) atoms. The average molecular weight is 493 g/mol. The Labute approximate surface area is 206 Å². The van der Waals surface area contributed by atoms with Crippen LogP contribution in [0.25, 0.3) is 0 Å². The number of guanidine groups is 1. The minimum absolute atomic E-state index is 0.0221. The number of carbonyl (C=O) groups excluding carboxylic acids is 1. The number of halogens is 3. The van der Waals surface area contributed by atoms with Crippen LogP contribution in [-0.4, -0.2) is 32.3 Å². The van der Waals surface area contributed by atoms with Crippen molar-refractivity contribution >= 4 is 29.0 Å². The number of aryl methyl sites for hydroxylation is 1. The SMILES string of the molecule is COC(=O)C1=C2N(C)c3ccccc3N2C(Nc2ccc(C)cc2)=N[C@@]1(c1ccccc1)C(F)(F)F. The standard InChI is InChI=1S/C27H23F3N4O2/c1-17-13-15-19(16-14-17)31-25-32-26(27(28,29)30,18-9-5-4-6-10-18)22(24(35)36-3)23-33(2)20-11-7-8-12-21(20)34(23)25/h4-16H,1-3H3,(H,31,32)/t26-/m1/s1. The summed E-state index contributed by atoms with van der Waals surface area (Å²) in [5.74, 6) is -1.16. The molecule has 5 rings (SSSR count). The van der Waals surface area contributed by atoms with Crippen molar-refractivity contribution in [1.82, 2.24) is 0 Å². The summed E-state index contributed by atoms with van der Waals surface area (Å²) in [6, 6.07) is 21.6. The monoisotopic (exact) mass is 492 g/mol. The van der Waals surface area contributed by atoms with Gasteiger partial charge in [0.05, 0.1) is 18.5 Å². The van der Waals surface area contributed by atoms with E-state index in [0.29, 0.717) is 17.1 Å². The number of methoxy groups -OCH3 is 1. The number of rotatable bonds is 3. The van der Waals surface area contributed by atoms with Gasteiger partial charge in [-0.2, -0.15) is 13.2 Å². The fourth-order valence-electron chi connectivity index (χ4n) is 4.68. The van der Waals surface area contributed by atoms with Crippen LogP contribution < -0.4 is 15.1 Å². The topological polar surface area (TPSA) is 57.2 Å². The van der Waals surface area contributed by atoms with Crippen molar-refractivity contribution in [3.05, 3.63) is 101 Å². The maximum atomic E-state index is 15.3. The number of alkyl halides is 3. The third-order valence-electron chi connectivity index (χ3n) is 6.38. The number of hydrogen-bond acceptors (Lipinski definition) is 6. The maximum absolute atomic E-state index is 15.3. The Morgan fingerprint density at radius 1 is 0.944 bits per heavy atom. The Bertz CT molecular complexity index is 1380. The predicted molar refractivity (Wildman–Crippen MR) is 133 cm³/mol. The Morgan fingerprint density at radius 3 is 2.17 bits per heavy atom. The number of carbonyl (C=O) groups is 1. The van der Waals surface area contributed by atoms with E-state index in [1.54, 1.807) is 54.4 Å². The minimum Gasteiger partial charge on any atom is -0.465 e. The van der Waals surface area contributed by atoms with Crippen LogP contribution in [-0.2, 0) is 15.1 Å². The van der Waals surface area contributed by atoms with Gasteiger partial charge in [0.2, 0.25) is 11.5 Å². The fraction of sp³-hybridized carbons (Fsp3) is 0.185. The molecule has 0 aromatic heterocycles. The largest absolute Gasteiger partial charge is 0.465 e. The molecular formula is C27H23F3N4O2. The highest BCUT2D eigenvalue weighted by Crippen LogP contribution is 2.55. The van der Waals surface area contributed by atoms with E-state index in [0.717, 1.165) is 12.7 Å². The zero-order valence-electron chi connectivity index (χ0n) is 19.8. The van der Waals surface area contributed by atoms with Crippen LogP contribution in [0.5, 0.6) is 0 Å². The first kappa shape index (κ1) is 23.5. The third-order valence-corrected chi connectivity index (χ3v) is 6.38. The lowest BCUT2D eigenvalue weighted by Gasteiger charge is -2.41. The first-order chi connectivity index (χ1) is 17.2. The Balaban J connectivity index is 1.87. The molecule has 2 aliphatic heterocycles. The summed E-state index contributed by atoms with van der Waals surface area (Å²) in [6.07, 6.45) is -4.98. The molecule has 0 radical (unpaired) electrons. The molecule has 0 bridgehead atoms. The molecule has 0 aliphatic carbocycles. The van der Waals surface area contributed by atoms with Crippen LogP contribution in [0.15, 0.2) is 95.2 Å². The summed E-state index contributed by atoms with van der Waals surface area (Å²) in [5, 5.41) is 3.08. The van der Waals surface area contributed by atoms with Crippen LogP contribution in [0.4, 0.5) is 30.2 Å². The molecule has 0 amide bonds. The van der Waals surface area contributed by atoms with Gasteiger partial charge in [0.25, 0.3) is 0 Å². The van der Waals surface area contributed by atoms with Crippen molar-refractivity contribution in [3.8, 4) is 0 Å². The summed E-state index contributed by atoms with van der Waals surface area (Å²) in [4.78, 5) is 20.6. The van der Waals surface area contributed by atoms with Gasteiger partial charge in [-0.25, -0.2) is 9.79 Å². The zero-order valence-corrected chi connectivity index (χ0v) is 19.8. The van der Waals surface area contributed by atoms with Gasteiger partial charge >= 0.3 is 12.1 Å². The van der Waals surface area contributed by atoms with Crippen molar-refractivity contribution in [2.24, 2.45) is 4.99 Å². The molecule has 0 saturated carbocycles. The van der Waals surface area contributed by atoms with Crippen molar-refractivity contribution in [2.45, 2.75) is 18.6 Å². The molecule has 1 N–H and O–H groups in total. The Hall–Kier alpha value is -4.27. The Morgan fingerprint density at radius 2 is 1.56 bits per heavy atom. The second-order valence-corrected chi connectivity index (χ2v) is 8.57. The molecule has 184 valence electrons. The van der Waals surface area contributed by atoms with Crippen LogP contribution in [0, 0.1) is 6.92 Å². The van der Waals surface area contributed by atoms with Crippen LogP contribution in [0.3, 0.4) is 0 Å². The molecule has 9 heteroatoms. The van der Waals surface area contributed by atoms with Gasteiger partial charge in [-0.15, -0.1) is 0 Å². The van der Waals surface area contributed by atoms with Gasteiger partial charge in [0, 0.05) is 12.7 Å². The third kappa shape index (κ3) is 3.42. The predicted octanol–water partition coefficient (Wildman–Crippen LogP) is 5.58. The highest BCUT2D eigenvalue weighted by atomic mass is 19.4. The molecule has 0 fully saturated rings. The van der Waals surface area contributed by atoms with Crippen molar-refractivity contribution < 1.29 is 22.7 Å². The Kier molecular flexibility index (Phi) is 5.50. The number of ether oxygens (including phenoxy) is 1. The number of para-hydroxylation sites is 2. The van der Waals surface area contributed by atoms with E-state index in [9.17, 15) is 4.79 Å². The molecule has 0 spiro atoms.